The molecular weight excluding hydrogens is 188 g/mol. The average molecular weight is 193 g/mol. The molecule has 50 valence electrons. The predicted molar refractivity (Wildman–Crippen MR) is 32.8 cm³/mol. The van der Waals surface area contributed by atoms with Gasteiger partial charge in [-0.2, -0.15) is 4.98 Å². The molecule has 1 aromatic heterocycles. The highest BCUT2D eigenvalue weighted by atomic mass is 79.9. The second-order valence-electron chi connectivity index (χ2n) is 1.43. The average Bonchev–Trinajstić information content (AvgIpc) is 2.17. The van der Waals surface area contributed by atoms with E-state index in [1.807, 2.05) is 0 Å². The van der Waals surface area contributed by atoms with Crippen molar-refractivity contribution in [2.24, 2.45) is 0 Å². The van der Waals surface area contributed by atoms with Crippen molar-refractivity contribution < 1.29 is 9.63 Å². The summed E-state index contributed by atoms with van der Waals surface area (Å²) >= 11 is 3.00. The third-order valence-corrected chi connectivity index (χ3v) is 1.09. The Balaban J connectivity index is 2.61. The van der Waals surface area contributed by atoms with Crippen LogP contribution in [0.5, 0.6) is 0 Å². The van der Waals surface area contributed by atoms with Gasteiger partial charge in [0, 0.05) is 0 Å². The molecule has 0 atom stereocenters. The lowest BCUT2D eigenvalue weighted by atomic mass is 10.5. The molecule has 0 amide bonds. The summed E-state index contributed by atoms with van der Waals surface area (Å²) in [6, 6.07) is 0. The molecule has 0 aliphatic heterocycles. The number of nitrogens with zero attached hydrogens (tertiary/aromatic N) is 2. The van der Waals surface area contributed by atoms with Gasteiger partial charge in [-0.3, -0.25) is 0 Å². The van der Waals surface area contributed by atoms with Crippen LogP contribution >= 0.6 is 15.9 Å². The third-order valence-electron chi connectivity index (χ3n) is 0.769. The van der Waals surface area contributed by atoms with Crippen molar-refractivity contribution >= 4 is 15.9 Å². The minimum Gasteiger partial charge on any atom is -0.396 e. The van der Waals surface area contributed by atoms with Crippen LogP contribution in [0.15, 0.2) is 9.26 Å². The first-order valence-corrected chi connectivity index (χ1v) is 3.21. The van der Waals surface area contributed by atoms with Gasteiger partial charge in [0.15, 0.2) is 0 Å². The number of aliphatic hydroxyl groups excluding tert-OH is 1. The van der Waals surface area contributed by atoms with Crippen molar-refractivity contribution in [3.8, 4) is 0 Å². The highest BCUT2D eigenvalue weighted by Gasteiger charge is 2.00. The Hall–Kier alpha value is -0.420. The highest BCUT2D eigenvalue weighted by Crippen LogP contribution is 2.03. The van der Waals surface area contributed by atoms with Gasteiger partial charge < -0.3 is 9.63 Å². The zero-order chi connectivity index (χ0) is 6.69. The van der Waals surface area contributed by atoms with E-state index in [0.29, 0.717) is 17.0 Å². The van der Waals surface area contributed by atoms with Crippen molar-refractivity contribution in [3.05, 3.63) is 10.6 Å². The van der Waals surface area contributed by atoms with E-state index in [9.17, 15) is 0 Å². The smallest absolute Gasteiger partial charge is 0.238 e. The Morgan fingerprint density at radius 3 is 2.89 bits per heavy atom. The molecule has 0 aromatic carbocycles. The van der Waals surface area contributed by atoms with Crippen molar-refractivity contribution in [2.45, 2.75) is 6.42 Å². The van der Waals surface area contributed by atoms with E-state index in [4.69, 9.17) is 5.11 Å². The molecule has 1 rings (SSSR count). The van der Waals surface area contributed by atoms with E-state index < -0.39 is 0 Å². The van der Waals surface area contributed by atoms with E-state index >= 15 is 0 Å². The molecule has 0 spiro atoms. The lowest BCUT2D eigenvalue weighted by molar-refractivity contribution is 0.274. The van der Waals surface area contributed by atoms with Gasteiger partial charge >= 0.3 is 0 Å². The van der Waals surface area contributed by atoms with E-state index in [1.165, 1.54) is 0 Å². The summed E-state index contributed by atoms with van der Waals surface area (Å²) in [5, 5.41) is 11.8. The second kappa shape index (κ2) is 2.93. The van der Waals surface area contributed by atoms with Gasteiger partial charge in [0.05, 0.1) is 13.0 Å². The van der Waals surface area contributed by atoms with Crippen LogP contribution in [-0.2, 0) is 6.42 Å². The quantitative estimate of drug-likeness (QED) is 0.736. The molecule has 0 aliphatic rings. The normalized spacial score (nSPS) is 10.0. The van der Waals surface area contributed by atoms with Gasteiger partial charge in [0.1, 0.15) is 0 Å². The molecule has 9 heavy (non-hydrogen) atoms. The molecule has 1 N–H and O–H groups in total. The first-order chi connectivity index (χ1) is 4.33. The Labute approximate surface area is 60.0 Å². The summed E-state index contributed by atoms with van der Waals surface area (Å²) in [5.41, 5.74) is 0. The van der Waals surface area contributed by atoms with Gasteiger partial charge in [-0.25, -0.2) is 0 Å². The zero-order valence-corrected chi connectivity index (χ0v) is 6.13. The summed E-state index contributed by atoms with van der Waals surface area (Å²) in [7, 11) is 0. The van der Waals surface area contributed by atoms with E-state index in [1.54, 1.807) is 0 Å². The molecular formula is C4H5BrN2O2. The minimum absolute atomic E-state index is 0.0363. The van der Waals surface area contributed by atoms with E-state index in [0.717, 1.165) is 0 Å². The Kier molecular flexibility index (Phi) is 2.18. The van der Waals surface area contributed by atoms with Crippen LogP contribution < -0.4 is 0 Å². The number of aromatic nitrogens is 2. The Bertz CT molecular complexity index is 188. The number of aliphatic hydroxyl groups is 1. The Morgan fingerprint density at radius 1 is 1.67 bits per heavy atom. The number of rotatable bonds is 2. The summed E-state index contributed by atoms with van der Waals surface area (Å²) < 4.78 is 5.06. The molecule has 0 saturated carbocycles. The first-order valence-electron chi connectivity index (χ1n) is 2.42. The SMILES string of the molecule is OCCc1nc(Br)no1. The van der Waals surface area contributed by atoms with Crippen LogP contribution in [0.2, 0.25) is 0 Å². The largest absolute Gasteiger partial charge is 0.396 e. The Morgan fingerprint density at radius 2 is 2.44 bits per heavy atom. The maximum atomic E-state index is 8.39. The molecule has 5 heteroatoms. The summed E-state index contributed by atoms with van der Waals surface area (Å²) in [4.78, 5) is 3.78. The molecule has 0 saturated heterocycles. The van der Waals surface area contributed by atoms with Crippen LogP contribution in [0.4, 0.5) is 0 Å². The van der Waals surface area contributed by atoms with Crippen molar-refractivity contribution in [1.29, 1.82) is 0 Å². The first kappa shape index (κ1) is 6.70. The molecule has 0 aliphatic carbocycles. The summed E-state index contributed by atoms with van der Waals surface area (Å²) in [6.07, 6.45) is 0.415. The van der Waals surface area contributed by atoms with Crippen LogP contribution in [-0.4, -0.2) is 21.9 Å². The van der Waals surface area contributed by atoms with Crippen LogP contribution in [0, 0.1) is 0 Å². The van der Waals surface area contributed by atoms with Crippen LogP contribution in [0.25, 0.3) is 0 Å². The number of hydrogen-bond acceptors (Lipinski definition) is 4. The van der Waals surface area contributed by atoms with E-state index in [2.05, 4.69) is 30.6 Å². The van der Waals surface area contributed by atoms with Crippen LogP contribution in [0.1, 0.15) is 5.89 Å². The minimum atomic E-state index is 0.0363. The van der Waals surface area contributed by atoms with E-state index in [-0.39, 0.29) is 6.61 Å². The molecule has 4 nitrogen and oxygen atoms in total. The second-order valence-corrected chi connectivity index (χ2v) is 2.14. The van der Waals surface area contributed by atoms with Crippen LogP contribution in [0.3, 0.4) is 0 Å². The van der Waals surface area contributed by atoms with Crippen molar-refractivity contribution in [1.82, 2.24) is 10.1 Å². The summed E-state index contributed by atoms with van der Waals surface area (Å²) in [6.45, 7) is 0.0363. The molecule has 1 heterocycles. The fourth-order valence-electron chi connectivity index (χ4n) is 0.431. The molecule has 0 unspecified atom stereocenters. The van der Waals surface area contributed by atoms with Gasteiger partial charge in [-0.15, -0.1) is 0 Å². The molecule has 0 fully saturated rings. The van der Waals surface area contributed by atoms with Gasteiger partial charge in [0.25, 0.3) is 0 Å². The lowest BCUT2D eigenvalue weighted by Crippen LogP contribution is -1.89. The predicted octanol–water partition coefficient (Wildman–Crippen LogP) is 0.367. The topological polar surface area (TPSA) is 59.2 Å². The maximum Gasteiger partial charge on any atom is 0.238 e. The van der Waals surface area contributed by atoms with Crippen molar-refractivity contribution in [2.75, 3.05) is 6.61 Å². The lowest BCUT2D eigenvalue weighted by Gasteiger charge is -1.81. The fraction of sp³-hybridized carbons (Fsp3) is 0.500. The van der Waals surface area contributed by atoms with Crippen molar-refractivity contribution in [3.63, 3.8) is 0 Å². The molecule has 0 radical (unpaired) electrons. The highest BCUT2D eigenvalue weighted by molar-refractivity contribution is 9.10. The number of hydrogen-bond donors (Lipinski definition) is 1. The monoisotopic (exact) mass is 192 g/mol. The third kappa shape index (κ3) is 1.76. The fourth-order valence-corrected chi connectivity index (χ4v) is 0.701. The molecule has 0 bridgehead atoms. The zero-order valence-electron chi connectivity index (χ0n) is 4.54. The maximum absolute atomic E-state index is 8.39. The summed E-state index contributed by atoms with van der Waals surface area (Å²) in [5.74, 6) is 0.448. The number of halogens is 1. The standard InChI is InChI=1S/C4H5BrN2O2/c5-4-6-3(1-2-8)9-7-4/h8H,1-2H2. The van der Waals surface area contributed by atoms with Gasteiger partial charge in [-0.05, 0) is 21.1 Å². The van der Waals surface area contributed by atoms with Gasteiger partial charge in [0.2, 0.25) is 10.6 Å². The molecule has 1 aromatic rings. The van der Waals surface area contributed by atoms with Gasteiger partial charge in [-0.1, -0.05) is 0 Å².